The van der Waals surface area contributed by atoms with E-state index in [-0.39, 0.29) is 5.96 Å². The lowest BCUT2D eigenvalue weighted by molar-refractivity contribution is 0.213. The third kappa shape index (κ3) is 4.12. The maximum Gasteiger partial charge on any atom is 0.185 e. The second-order valence-electron chi connectivity index (χ2n) is 3.88. The van der Waals surface area contributed by atoms with Crippen LogP contribution in [0.4, 0.5) is 0 Å². The largest absolute Gasteiger partial charge is 0.370 e. The SMILES string of the molecule is CN1CCC(CCNC(=N)N)CC1. The van der Waals surface area contributed by atoms with E-state index in [0.717, 1.165) is 18.9 Å². The highest BCUT2D eigenvalue weighted by Crippen LogP contribution is 2.18. The molecule has 76 valence electrons. The average Bonchev–Trinajstić information content (AvgIpc) is 2.08. The van der Waals surface area contributed by atoms with Crippen LogP contribution in [0.5, 0.6) is 0 Å². The molecule has 0 saturated carbocycles. The minimum Gasteiger partial charge on any atom is -0.370 e. The molecular formula is C9H20N4. The van der Waals surface area contributed by atoms with Crippen LogP contribution >= 0.6 is 0 Å². The molecule has 1 fully saturated rings. The fourth-order valence-corrected chi connectivity index (χ4v) is 1.76. The number of rotatable bonds is 3. The number of hydrogen-bond donors (Lipinski definition) is 3. The third-order valence-corrected chi connectivity index (χ3v) is 2.71. The monoisotopic (exact) mass is 184 g/mol. The summed E-state index contributed by atoms with van der Waals surface area (Å²) in [4.78, 5) is 2.37. The van der Waals surface area contributed by atoms with Gasteiger partial charge in [-0.3, -0.25) is 5.41 Å². The molecule has 13 heavy (non-hydrogen) atoms. The molecule has 0 bridgehead atoms. The zero-order valence-corrected chi connectivity index (χ0v) is 8.34. The topological polar surface area (TPSA) is 65.1 Å². The van der Waals surface area contributed by atoms with Crippen molar-refractivity contribution in [1.29, 1.82) is 5.41 Å². The summed E-state index contributed by atoms with van der Waals surface area (Å²) in [6.07, 6.45) is 3.72. The molecule has 0 spiro atoms. The van der Waals surface area contributed by atoms with E-state index in [2.05, 4.69) is 17.3 Å². The number of guanidine groups is 1. The fourth-order valence-electron chi connectivity index (χ4n) is 1.76. The van der Waals surface area contributed by atoms with E-state index in [1.54, 1.807) is 0 Å². The summed E-state index contributed by atoms with van der Waals surface area (Å²) >= 11 is 0. The molecule has 0 radical (unpaired) electrons. The summed E-state index contributed by atoms with van der Waals surface area (Å²) < 4.78 is 0. The van der Waals surface area contributed by atoms with E-state index in [9.17, 15) is 0 Å². The van der Waals surface area contributed by atoms with Crippen molar-refractivity contribution in [3.05, 3.63) is 0 Å². The molecule has 1 aliphatic heterocycles. The summed E-state index contributed by atoms with van der Waals surface area (Å²) in [6, 6.07) is 0. The molecule has 1 rings (SSSR count). The number of nitrogens with two attached hydrogens (primary N) is 1. The molecule has 1 aliphatic rings. The number of hydrogen-bond acceptors (Lipinski definition) is 2. The highest BCUT2D eigenvalue weighted by Gasteiger charge is 2.15. The van der Waals surface area contributed by atoms with Gasteiger partial charge in [0.15, 0.2) is 5.96 Å². The van der Waals surface area contributed by atoms with Crippen LogP contribution in [0, 0.1) is 11.3 Å². The first-order chi connectivity index (χ1) is 6.18. The summed E-state index contributed by atoms with van der Waals surface area (Å²) in [5, 5.41) is 9.85. The van der Waals surface area contributed by atoms with Crippen molar-refractivity contribution >= 4 is 5.96 Å². The van der Waals surface area contributed by atoms with Crippen LogP contribution in [0.15, 0.2) is 0 Å². The quantitative estimate of drug-likeness (QED) is 0.434. The van der Waals surface area contributed by atoms with Gasteiger partial charge in [0.05, 0.1) is 0 Å². The minimum atomic E-state index is 0.0907. The van der Waals surface area contributed by atoms with E-state index in [0.29, 0.717) is 0 Å². The second-order valence-corrected chi connectivity index (χ2v) is 3.88. The molecule has 0 amide bonds. The third-order valence-electron chi connectivity index (χ3n) is 2.71. The number of nitrogens with zero attached hydrogens (tertiary/aromatic N) is 1. The predicted octanol–water partition coefficient (Wildman–Crippen LogP) is 0.201. The number of likely N-dealkylation sites (tertiary alicyclic amines) is 1. The molecule has 0 aromatic carbocycles. The van der Waals surface area contributed by atoms with Gasteiger partial charge < -0.3 is 16.0 Å². The van der Waals surface area contributed by atoms with Crippen molar-refractivity contribution in [1.82, 2.24) is 10.2 Å². The van der Waals surface area contributed by atoms with Crippen LogP contribution < -0.4 is 11.1 Å². The van der Waals surface area contributed by atoms with Gasteiger partial charge in [0.2, 0.25) is 0 Å². The Morgan fingerprint density at radius 2 is 2.15 bits per heavy atom. The Morgan fingerprint density at radius 3 is 2.69 bits per heavy atom. The van der Waals surface area contributed by atoms with Crippen LogP contribution in [-0.4, -0.2) is 37.5 Å². The van der Waals surface area contributed by atoms with E-state index in [1.807, 2.05) is 0 Å². The predicted molar refractivity (Wildman–Crippen MR) is 54.8 cm³/mol. The van der Waals surface area contributed by atoms with Crippen LogP contribution in [-0.2, 0) is 0 Å². The lowest BCUT2D eigenvalue weighted by Crippen LogP contribution is -2.34. The smallest absolute Gasteiger partial charge is 0.185 e. The number of nitrogens with one attached hydrogen (secondary N) is 2. The molecule has 0 aliphatic carbocycles. The van der Waals surface area contributed by atoms with Crippen molar-refractivity contribution in [2.45, 2.75) is 19.3 Å². The van der Waals surface area contributed by atoms with Gasteiger partial charge in [0.1, 0.15) is 0 Å². The first-order valence-corrected chi connectivity index (χ1v) is 4.95. The Kier molecular flexibility index (Phi) is 4.02. The highest BCUT2D eigenvalue weighted by molar-refractivity contribution is 5.74. The molecule has 1 heterocycles. The Bertz CT molecular complexity index is 161. The number of piperidine rings is 1. The van der Waals surface area contributed by atoms with Gasteiger partial charge >= 0.3 is 0 Å². The van der Waals surface area contributed by atoms with Gasteiger partial charge in [-0.05, 0) is 45.3 Å². The Balaban J connectivity index is 2.05. The normalized spacial score (nSPS) is 20.1. The Morgan fingerprint density at radius 1 is 1.54 bits per heavy atom. The van der Waals surface area contributed by atoms with Crippen LogP contribution in [0.3, 0.4) is 0 Å². The van der Waals surface area contributed by atoms with Crippen molar-refractivity contribution < 1.29 is 0 Å². The lowest BCUT2D eigenvalue weighted by atomic mass is 9.94. The summed E-state index contributed by atoms with van der Waals surface area (Å²) in [5.74, 6) is 0.913. The van der Waals surface area contributed by atoms with Gasteiger partial charge in [-0.25, -0.2) is 0 Å². The van der Waals surface area contributed by atoms with Crippen molar-refractivity contribution in [3.63, 3.8) is 0 Å². The van der Waals surface area contributed by atoms with Crippen molar-refractivity contribution in [2.75, 3.05) is 26.7 Å². The molecule has 4 N–H and O–H groups in total. The highest BCUT2D eigenvalue weighted by atomic mass is 15.1. The zero-order chi connectivity index (χ0) is 9.68. The maximum absolute atomic E-state index is 7.00. The van der Waals surface area contributed by atoms with Gasteiger partial charge in [0.25, 0.3) is 0 Å². The second kappa shape index (κ2) is 5.07. The van der Waals surface area contributed by atoms with Gasteiger partial charge in [0, 0.05) is 6.54 Å². The summed E-state index contributed by atoms with van der Waals surface area (Å²) in [6.45, 7) is 3.28. The minimum absolute atomic E-state index is 0.0907. The van der Waals surface area contributed by atoms with Crippen LogP contribution in [0.25, 0.3) is 0 Å². The molecule has 0 aromatic rings. The fraction of sp³-hybridized carbons (Fsp3) is 0.889. The molecule has 4 nitrogen and oxygen atoms in total. The maximum atomic E-state index is 7.00. The van der Waals surface area contributed by atoms with Crippen LogP contribution in [0.1, 0.15) is 19.3 Å². The molecule has 1 saturated heterocycles. The molecule has 0 aromatic heterocycles. The van der Waals surface area contributed by atoms with Crippen molar-refractivity contribution in [3.8, 4) is 0 Å². The van der Waals surface area contributed by atoms with E-state index >= 15 is 0 Å². The standard InChI is InChI=1S/C9H20N4/c1-13-6-3-8(4-7-13)2-5-12-9(10)11/h8H,2-7H2,1H3,(H4,10,11,12). The summed E-state index contributed by atoms with van der Waals surface area (Å²) in [7, 11) is 2.17. The van der Waals surface area contributed by atoms with E-state index in [1.165, 1.54) is 25.9 Å². The molecule has 4 heteroatoms. The molecule has 0 atom stereocenters. The zero-order valence-electron chi connectivity index (χ0n) is 8.34. The van der Waals surface area contributed by atoms with Gasteiger partial charge in [-0.2, -0.15) is 0 Å². The Labute approximate surface area is 80.0 Å². The lowest BCUT2D eigenvalue weighted by Gasteiger charge is -2.28. The first-order valence-electron chi connectivity index (χ1n) is 4.95. The van der Waals surface area contributed by atoms with Gasteiger partial charge in [-0.15, -0.1) is 0 Å². The van der Waals surface area contributed by atoms with E-state index < -0.39 is 0 Å². The van der Waals surface area contributed by atoms with Gasteiger partial charge in [-0.1, -0.05) is 0 Å². The molecule has 0 unspecified atom stereocenters. The Hall–Kier alpha value is -0.770. The summed E-state index contributed by atoms with van der Waals surface area (Å²) in [5.41, 5.74) is 5.19. The molecular weight excluding hydrogens is 164 g/mol. The van der Waals surface area contributed by atoms with Crippen molar-refractivity contribution in [2.24, 2.45) is 11.7 Å². The van der Waals surface area contributed by atoms with Crippen LogP contribution in [0.2, 0.25) is 0 Å². The average molecular weight is 184 g/mol. The van der Waals surface area contributed by atoms with E-state index in [4.69, 9.17) is 11.1 Å². The first kappa shape index (κ1) is 10.3.